The molecule has 2 atom stereocenters. The van der Waals surface area contributed by atoms with Gasteiger partial charge in [-0.3, -0.25) is 5.21 Å². The van der Waals surface area contributed by atoms with Gasteiger partial charge in [0.2, 0.25) is 5.75 Å². The minimum Gasteiger partial charge on any atom is -0.493 e. The second-order valence-corrected chi connectivity index (χ2v) is 11.0. The number of hydroxylamine groups is 2. The molecule has 0 saturated carbocycles. The lowest BCUT2D eigenvalue weighted by Crippen LogP contribution is -2.31. The molecule has 4 rings (SSSR count). The standard InChI is InChI=1S/C31H34F4N2O8S/c1-6-37(39)31(38)36-20-11-16(21-7-8-22(45-21)17-13-24(41-3)29(43-5)25(14-17)42-4)12-23(40-2)28(20)44-9-10-46-30-26(34)18(32)15-19(33)27(30)35/h11-15,21-22,39H,6-10H2,1-5H3,(H,36,38). The minimum absolute atomic E-state index is 0.0149. The summed E-state index contributed by atoms with van der Waals surface area (Å²) < 4.78 is 89.6. The highest BCUT2D eigenvalue weighted by atomic mass is 32.2. The molecule has 2 amide bonds. The highest BCUT2D eigenvalue weighted by Crippen LogP contribution is 2.48. The molecule has 0 aliphatic carbocycles. The van der Waals surface area contributed by atoms with E-state index in [1.165, 1.54) is 28.4 Å². The molecule has 1 aliphatic heterocycles. The highest BCUT2D eigenvalue weighted by molar-refractivity contribution is 7.99. The number of benzene rings is 3. The molecule has 0 spiro atoms. The third-order valence-corrected chi connectivity index (χ3v) is 8.19. The first-order valence-electron chi connectivity index (χ1n) is 14.1. The third kappa shape index (κ3) is 7.48. The van der Waals surface area contributed by atoms with Crippen molar-refractivity contribution in [1.29, 1.82) is 0 Å². The Balaban J connectivity index is 1.59. The number of carbonyl (C=O) groups is 1. The summed E-state index contributed by atoms with van der Waals surface area (Å²) in [7, 11) is 5.94. The first-order chi connectivity index (χ1) is 22.1. The molecule has 1 aliphatic rings. The molecule has 1 saturated heterocycles. The molecular formula is C31H34F4N2O8S. The Morgan fingerprint density at radius 3 is 1.89 bits per heavy atom. The molecule has 10 nitrogen and oxygen atoms in total. The van der Waals surface area contributed by atoms with E-state index in [9.17, 15) is 27.6 Å². The molecule has 0 aromatic heterocycles. The van der Waals surface area contributed by atoms with Crippen molar-refractivity contribution in [2.24, 2.45) is 0 Å². The lowest BCUT2D eigenvalue weighted by atomic mass is 10.0. The van der Waals surface area contributed by atoms with Crippen LogP contribution in [0.15, 0.2) is 35.2 Å². The van der Waals surface area contributed by atoms with Crippen LogP contribution in [0.2, 0.25) is 0 Å². The number of anilines is 1. The number of rotatable bonds is 13. The number of amides is 2. The van der Waals surface area contributed by atoms with Gasteiger partial charge >= 0.3 is 6.03 Å². The van der Waals surface area contributed by atoms with Crippen LogP contribution in [0, 0.1) is 23.3 Å². The fourth-order valence-electron chi connectivity index (χ4n) is 4.91. The van der Waals surface area contributed by atoms with Gasteiger partial charge < -0.3 is 33.7 Å². The van der Waals surface area contributed by atoms with Crippen molar-refractivity contribution in [3.8, 4) is 28.7 Å². The Morgan fingerprint density at radius 1 is 0.870 bits per heavy atom. The number of carbonyl (C=O) groups excluding carboxylic acids is 1. The van der Waals surface area contributed by atoms with E-state index in [0.717, 1.165) is 5.56 Å². The lowest BCUT2D eigenvalue weighted by molar-refractivity contribution is -0.0324. The lowest BCUT2D eigenvalue weighted by Gasteiger charge is -2.22. The van der Waals surface area contributed by atoms with E-state index >= 15 is 0 Å². The van der Waals surface area contributed by atoms with E-state index in [0.29, 0.717) is 52.5 Å². The van der Waals surface area contributed by atoms with Crippen LogP contribution in [0.25, 0.3) is 0 Å². The van der Waals surface area contributed by atoms with Gasteiger partial charge in [0.25, 0.3) is 0 Å². The first-order valence-corrected chi connectivity index (χ1v) is 15.1. The summed E-state index contributed by atoms with van der Waals surface area (Å²) in [6.07, 6.45) is 0.453. The van der Waals surface area contributed by atoms with Crippen molar-refractivity contribution >= 4 is 23.5 Å². The van der Waals surface area contributed by atoms with Gasteiger partial charge in [0, 0.05) is 18.4 Å². The van der Waals surface area contributed by atoms with Gasteiger partial charge in [-0.1, -0.05) is 0 Å². The number of ether oxygens (including phenoxy) is 6. The van der Waals surface area contributed by atoms with Gasteiger partial charge in [-0.05, 0) is 55.2 Å². The van der Waals surface area contributed by atoms with Gasteiger partial charge in [0.15, 0.2) is 46.3 Å². The van der Waals surface area contributed by atoms with Crippen LogP contribution >= 0.6 is 11.8 Å². The SMILES string of the molecule is CCN(O)C(=O)Nc1cc(C2CCC(c3cc(OC)c(OC)c(OC)c3)O2)cc(OC)c1OCCSc1c(F)c(F)cc(F)c1F. The van der Waals surface area contributed by atoms with Crippen LogP contribution < -0.4 is 29.0 Å². The second kappa shape index (κ2) is 15.5. The van der Waals surface area contributed by atoms with E-state index in [-0.39, 0.29) is 48.3 Å². The maximum Gasteiger partial charge on any atom is 0.345 e. The number of hydrogen-bond acceptors (Lipinski definition) is 9. The molecule has 2 N–H and O–H groups in total. The zero-order chi connectivity index (χ0) is 33.5. The van der Waals surface area contributed by atoms with Gasteiger partial charge in [0.1, 0.15) is 0 Å². The largest absolute Gasteiger partial charge is 0.493 e. The normalized spacial score (nSPS) is 15.8. The number of nitrogens with one attached hydrogen (secondary N) is 1. The van der Waals surface area contributed by atoms with Crippen LogP contribution in [-0.2, 0) is 4.74 Å². The molecular weight excluding hydrogens is 636 g/mol. The van der Waals surface area contributed by atoms with Crippen molar-refractivity contribution in [3.05, 3.63) is 64.7 Å². The Hall–Kier alpha value is -4.08. The van der Waals surface area contributed by atoms with Crippen molar-refractivity contribution < 1.29 is 56.0 Å². The Labute approximate surface area is 267 Å². The van der Waals surface area contributed by atoms with Gasteiger partial charge in [-0.25, -0.2) is 27.4 Å². The smallest absolute Gasteiger partial charge is 0.345 e. The summed E-state index contributed by atoms with van der Waals surface area (Å²) in [6, 6.07) is 6.17. The van der Waals surface area contributed by atoms with E-state index < -0.39 is 40.3 Å². The average molecular weight is 671 g/mol. The number of methoxy groups -OCH3 is 4. The van der Waals surface area contributed by atoms with Gasteiger partial charge in [-0.2, -0.15) is 0 Å². The molecule has 1 heterocycles. The van der Waals surface area contributed by atoms with Crippen molar-refractivity contribution in [2.75, 3.05) is 52.7 Å². The molecule has 250 valence electrons. The molecule has 1 fully saturated rings. The van der Waals surface area contributed by atoms with Gasteiger partial charge in [-0.15, -0.1) is 11.8 Å². The number of halogens is 4. The predicted octanol–water partition coefficient (Wildman–Crippen LogP) is 7.28. The summed E-state index contributed by atoms with van der Waals surface area (Å²) >= 11 is 0.515. The summed E-state index contributed by atoms with van der Waals surface area (Å²) in [5.41, 5.74) is 1.55. The molecule has 0 bridgehead atoms. The molecule has 15 heteroatoms. The summed E-state index contributed by atoms with van der Waals surface area (Å²) in [5, 5.41) is 13.0. The number of hydrogen-bond donors (Lipinski definition) is 2. The van der Waals surface area contributed by atoms with Crippen molar-refractivity contribution in [1.82, 2.24) is 5.06 Å². The monoisotopic (exact) mass is 670 g/mol. The maximum atomic E-state index is 14.1. The van der Waals surface area contributed by atoms with Gasteiger partial charge in [0.05, 0.1) is 57.8 Å². The second-order valence-electron chi connectivity index (χ2n) is 9.89. The zero-order valence-electron chi connectivity index (χ0n) is 25.7. The average Bonchev–Trinajstić information content (AvgIpc) is 3.56. The molecule has 2 unspecified atom stereocenters. The predicted molar refractivity (Wildman–Crippen MR) is 161 cm³/mol. The topological polar surface area (TPSA) is 108 Å². The molecule has 0 radical (unpaired) electrons. The Morgan fingerprint density at radius 2 is 1.39 bits per heavy atom. The van der Waals surface area contributed by atoms with E-state index in [1.54, 1.807) is 19.1 Å². The first kappa shape index (κ1) is 34.8. The van der Waals surface area contributed by atoms with Crippen LogP contribution in [0.4, 0.5) is 28.0 Å². The fourth-order valence-corrected chi connectivity index (χ4v) is 5.73. The highest BCUT2D eigenvalue weighted by Gasteiger charge is 2.31. The van der Waals surface area contributed by atoms with Crippen molar-refractivity contribution in [3.63, 3.8) is 0 Å². The Bertz CT molecular complexity index is 1510. The van der Waals surface area contributed by atoms with Crippen LogP contribution in [0.3, 0.4) is 0 Å². The number of thioether (sulfide) groups is 1. The minimum atomic E-state index is -1.52. The number of nitrogens with zero attached hydrogens (tertiary/aromatic N) is 1. The quantitative estimate of drug-likeness (QED) is 0.0484. The van der Waals surface area contributed by atoms with E-state index in [2.05, 4.69) is 5.32 Å². The summed E-state index contributed by atoms with van der Waals surface area (Å²) in [5.74, 6) is -4.54. The fraction of sp³-hybridized carbons (Fsp3) is 0.387. The number of urea groups is 1. The van der Waals surface area contributed by atoms with E-state index in [1.807, 2.05) is 12.1 Å². The van der Waals surface area contributed by atoms with Crippen LogP contribution in [0.1, 0.15) is 43.1 Å². The molecule has 3 aromatic rings. The third-order valence-electron chi connectivity index (χ3n) is 7.17. The Kier molecular flexibility index (Phi) is 11.7. The maximum absolute atomic E-state index is 14.1. The van der Waals surface area contributed by atoms with Crippen LogP contribution in [0.5, 0.6) is 28.7 Å². The summed E-state index contributed by atoms with van der Waals surface area (Å²) in [4.78, 5) is 11.8. The van der Waals surface area contributed by atoms with Crippen LogP contribution in [-0.4, -0.2) is 63.6 Å². The molecule has 3 aromatic carbocycles. The zero-order valence-corrected chi connectivity index (χ0v) is 26.6. The summed E-state index contributed by atoms with van der Waals surface area (Å²) in [6.45, 7) is 1.34. The van der Waals surface area contributed by atoms with E-state index in [4.69, 9.17) is 28.4 Å². The molecule has 46 heavy (non-hydrogen) atoms. The van der Waals surface area contributed by atoms with Crippen molar-refractivity contribution in [2.45, 2.75) is 36.9 Å².